The summed E-state index contributed by atoms with van der Waals surface area (Å²) in [6.45, 7) is -0.491. The van der Waals surface area contributed by atoms with Gasteiger partial charge in [-0.2, -0.15) is 0 Å². The predicted molar refractivity (Wildman–Crippen MR) is 88.3 cm³/mol. The van der Waals surface area contributed by atoms with Crippen molar-refractivity contribution in [3.05, 3.63) is 46.0 Å². The zero-order valence-electron chi connectivity index (χ0n) is 12.7. The van der Waals surface area contributed by atoms with Crippen molar-refractivity contribution in [3.63, 3.8) is 0 Å². The summed E-state index contributed by atoms with van der Waals surface area (Å²) >= 11 is 12.0. The Morgan fingerprint density at radius 2 is 1.62 bits per heavy atom. The molecule has 1 saturated heterocycles. The topological polar surface area (TPSA) is 63.7 Å². The molecular weight excluding hydrogens is 353 g/mol. The first-order chi connectivity index (χ1) is 11.5. The van der Waals surface area contributed by atoms with Gasteiger partial charge >= 0.3 is 5.97 Å². The first kappa shape index (κ1) is 17.0. The molecule has 24 heavy (non-hydrogen) atoms. The Balaban J connectivity index is 1.61. The van der Waals surface area contributed by atoms with Crippen molar-refractivity contribution in [2.24, 2.45) is 11.8 Å². The van der Waals surface area contributed by atoms with Crippen molar-refractivity contribution in [1.29, 1.82) is 0 Å². The van der Waals surface area contributed by atoms with Crippen LogP contribution in [0.25, 0.3) is 0 Å². The minimum absolute atomic E-state index is 0.109. The van der Waals surface area contributed by atoms with Crippen LogP contribution >= 0.6 is 23.2 Å². The van der Waals surface area contributed by atoms with E-state index >= 15 is 0 Å². The molecule has 126 valence electrons. The summed E-state index contributed by atoms with van der Waals surface area (Å²) in [4.78, 5) is 37.6. The van der Waals surface area contributed by atoms with Gasteiger partial charge in [0.15, 0.2) is 0 Å². The second-order valence-electron chi connectivity index (χ2n) is 5.78. The van der Waals surface area contributed by atoms with Crippen molar-refractivity contribution in [2.75, 3.05) is 6.54 Å². The number of benzene rings is 1. The molecule has 1 aliphatic carbocycles. The van der Waals surface area contributed by atoms with Gasteiger partial charge in [0.1, 0.15) is 13.2 Å². The molecule has 2 atom stereocenters. The lowest BCUT2D eigenvalue weighted by Crippen LogP contribution is -2.36. The molecular formula is C17H15Cl2NO4. The first-order valence-electron chi connectivity index (χ1n) is 7.57. The fourth-order valence-electron chi connectivity index (χ4n) is 3.02. The quantitative estimate of drug-likeness (QED) is 0.466. The average molecular weight is 368 g/mol. The van der Waals surface area contributed by atoms with Gasteiger partial charge in [-0.1, -0.05) is 41.4 Å². The molecule has 5 nitrogen and oxygen atoms in total. The number of fused-ring (bicyclic) bond motifs is 1. The van der Waals surface area contributed by atoms with Crippen LogP contribution in [0.4, 0.5) is 0 Å². The van der Waals surface area contributed by atoms with E-state index in [2.05, 4.69) is 0 Å². The highest BCUT2D eigenvalue weighted by Gasteiger charge is 2.47. The minimum atomic E-state index is -0.667. The Morgan fingerprint density at radius 3 is 2.17 bits per heavy atom. The van der Waals surface area contributed by atoms with Crippen molar-refractivity contribution < 1.29 is 19.1 Å². The predicted octanol–water partition coefficient (Wildman–Crippen LogP) is 2.99. The monoisotopic (exact) mass is 367 g/mol. The highest BCUT2D eigenvalue weighted by atomic mass is 35.5. The number of hydrogen-bond acceptors (Lipinski definition) is 4. The van der Waals surface area contributed by atoms with Gasteiger partial charge < -0.3 is 4.74 Å². The molecule has 1 fully saturated rings. The molecule has 0 aromatic heterocycles. The third kappa shape index (κ3) is 3.19. The zero-order valence-corrected chi connectivity index (χ0v) is 14.2. The van der Waals surface area contributed by atoms with E-state index in [4.69, 9.17) is 27.9 Å². The largest absolute Gasteiger partial charge is 0.459 e. The number of esters is 1. The summed E-state index contributed by atoms with van der Waals surface area (Å²) in [6, 6.07) is 4.97. The molecule has 0 N–H and O–H groups in total. The number of carbonyl (C=O) groups excluding carboxylic acids is 3. The summed E-state index contributed by atoms with van der Waals surface area (Å²) in [7, 11) is 0. The highest BCUT2D eigenvalue weighted by Crippen LogP contribution is 2.35. The standard InChI is InChI=1S/C17H15Cl2NO4/c18-13-6-3-7-14(19)12(13)9-24-15(21)8-20-16(22)10-4-1-2-5-11(10)17(20)23/h1-3,6-7,10-11H,4-5,8-9H2/t10-,11-/m0/s1. The summed E-state index contributed by atoms with van der Waals surface area (Å²) in [5.74, 6) is -1.98. The number of rotatable bonds is 4. The van der Waals surface area contributed by atoms with Gasteiger partial charge in [-0.15, -0.1) is 0 Å². The number of carbonyl (C=O) groups is 3. The number of ether oxygens (including phenoxy) is 1. The molecule has 2 amide bonds. The van der Waals surface area contributed by atoms with E-state index < -0.39 is 5.97 Å². The minimum Gasteiger partial charge on any atom is -0.459 e. The fraction of sp³-hybridized carbons (Fsp3) is 0.353. The molecule has 3 rings (SSSR count). The molecule has 0 bridgehead atoms. The number of hydrogen-bond donors (Lipinski definition) is 0. The molecule has 1 heterocycles. The smallest absolute Gasteiger partial charge is 0.326 e. The fourth-order valence-corrected chi connectivity index (χ4v) is 3.53. The van der Waals surface area contributed by atoms with E-state index in [1.807, 2.05) is 12.2 Å². The molecule has 0 radical (unpaired) electrons. The van der Waals surface area contributed by atoms with E-state index in [9.17, 15) is 14.4 Å². The molecule has 7 heteroatoms. The summed E-state index contributed by atoms with van der Waals surface area (Å²) in [5.41, 5.74) is 0.492. The molecule has 1 aromatic carbocycles. The van der Waals surface area contributed by atoms with Gasteiger partial charge in [0.25, 0.3) is 0 Å². The van der Waals surface area contributed by atoms with E-state index in [0.29, 0.717) is 28.5 Å². The zero-order chi connectivity index (χ0) is 17.3. The maximum atomic E-state index is 12.3. The summed E-state index contributed by atoms with van der Waals surface area (Å²) < 4.78 is 5.13. The second kappa shape index (κ2) is 6.95. The maximum Gasteiger partial charge on any atom is 0.326 e. The van der Waals surface area contributed by atoms with Crippen LogP contribution in [-0.2, 0) is 25.7 Å². The van der Waals surface area contributed by atoms with Gasteiger partial charge in [0.2, 0.25) is 11.8 Å². The van der Waals surface area contributed by atoms with Crippen LogP contribution in [0.5, 0.6) is 0 Å². The molecule has 0 spiro atoms. The van der Waals surface area contributed by atoms with E-state index in [0.717, 1.165) is 4.90 Å². The lowest BCUT2D eigenvalue weighted by atomic mass is 9.85. The van der Waals surface area contributed by atoms with Crippen LogP contribution in [0, 0.1) is 11.8 Å². The Labute approximate surface area is 149 Å². The Bertz CT molecular complexity index is 685. The Morgan fingerprint density at radius 1 is 1.08 bits per heavy atom. The first-order valence-corrected chi connectivity index (χ1v) is 8.33. The van der Waals surface area contributed by atoms with Crippen LogP contribution in [-0.4, -0.2) is 29.2 Å². The highest BCUT2D eigenvalue weighted by molar-refractivity contribution is 6.35. The van der Waals surface area contributed by atoms with Crippen molar-refractivity contribution in [1.82, 2.24) is 4.90 Å². The van der Waals surface area contributed by atoms with Crippen molar-refractivity contribution in [3.8, 4) is 0 Å². The number of allylic oxidation sites excluding steroid dienone is 2. The number of nitrogens with zero attached hydrogens (tertiary/aromatic N) is 1. The number of amides is 2. The maximum absolute atomic E-state index is 12.3. The second-order valence-corrected chi connectivity index (χ2v) is 6.59. The van der Waals surface area contributed by atoms with Crippen LogP contribution in [0.2, 0.25) is 10.0 Å². The average Bonchev–Trinajstić information content (AvgIpc) is 2.80. The lowest BCUT2D eigenvalue weighted by molar-refractivity contribution is -0.153. The van der Waals surface area contributed by atoms with Gasteiger partial charge in [-0.3, -0.25) is 19.3 Å². The Hall–Kier alpha value is -1.85. The molecule has 1 aliphatic heterocycles. The number of likely N-dealkylation sites (tertiary alicyclic amines) is 1. The SMILES string of the molecule is O=C(CN1C(=O)[C@H]2CC=CC[C@@H]2C1=O)OCc1c(Cl)cccc1Cl. The normalized spacial score (nSPS) is 22.7. The van der Waals surface area contributed by atoms with Gasteiger partial charge in [0, 0.05) is 15.6 Å². The molecule has 0 saturated carbocycles. The van der Waals surface area contributed by atoms with E-state index in [1.165, 1.54) is 0 Å². The van der Waals surface area contributed by atoms with Crippen LogP contribution in [0.15, 0.2) is 30.4 Å². The molecule has 2 aliphatic rings. The number of imide groups is 1. The van der Waals surface area contributed by atoms with Crippen LogP contribution < -0.4 is 0 Å². The van der Waals surface area contributed by atoms with Crippen molar-refractivity contribution in [2.45, 2.75) is 19.4 Å². The van der Waals surface area contributed by atoms with Gasteiger partial charge in [0.05, 0.1) is 11.8 Å². The van der Waals surface area contributed by atoms with Crippen LogP contribution in [0.1, 0.15) is 18.4 Å². The summed E-state index contributed by atoms with van der Waals surface area (Å²) in [5, 5.41) is 0.779. The Kier molecular flexibility index (Phi) is 4.92. The summed E-state index contributed by atoms with van der Waals surface area (Å²) in [6.07, 6.45) is 4.87. The van der Waals surface area contributed by atoms with Gasteiger partial charge in [-0.05, 0) is 25.0 Å². The van der Waals surface area contributed by atoms with Gasteiger partial charge in [-0.25, -0.2) is 0 Å². The molecule has 1 aromatic rings. The van der Waals surface area contributed by atoms with E-state index in [-0.39, 0.29) is 36.8 Å². The lowest BCUT2D eigenvalue weighted by Gasteiger charge is -2.14. The number of halogens is 2. The third-order valence-corrected chi connectivity index (χ3v) is 5.03. The van der Waals surface area contributed by atoms with Crippen molar-refractivity contribution >= 4 is 41.0 Å². The third-order valence-electron chi connectivity index (χ3n) is 4.33. The van der Waals surface area contributed by atoms with E-state index in [1.54, 1.807) is 18.2 Å². The molecule has 0 unspecified atom stereocenters. The van der Waals surface area contributed by atoms with Crippen LogP contribution in [0.3, 0.4) is 0 Å².